The van der Waals surface area contributed by atoms with Crippen LogP contribution in [-0.4, -0.2) is 31.7 Å². The van der Waals surface area contributed by atoms with Gasteiger partial charge in [-0.1, -0.05) is 38.1 Å². The predicted molar refractivity (Wildman–Crippen MR) is 115 cm³/mol. The fraction of sp³-hybridized carbons (Fsp3) is 0.381. The summed E-state index contributed by atoms with van der Waals surface area (Å²) in [6.07, 6.45) is 1.03. The molecule has 0 spiro atoms. The number of carbonyl (C=O) groups excluding carboxylic acids is 1. The molecule has 0 radical (unpaired) electrons. The van der Waals surface area contributed by atoms with Crippen LogP contribution in [0.5, 0.6) is 0 Å². The summed E-state index contributed by atoms with van der Waals surface area (Å²) in [5.74, 6) is 0.0998. The van der Waals surface area contributed by atoms with Crippen LogP contribution in [0.2, 0.25) is 0 Å². The third-order valence-corrected chi connectivity index (χ3v) is 7.75. The van der Waals surface area contributed by atoms with Crippen LogP contribution in [0.3, 0.4) is 0 Å². The lowest BCUT2D eigenvalue weighted by atomic mass is 9.97. The highest BCUT2D eigenvalue weighted by Crippen LogP contribution is 2.27. The summed E-state index contributed by atoms with van der Waals surface area (Å²) in [5, 5.41) is 2.93. The molecule has 0 bridgehead atoms. The molecule has 150 valence electrons. The molecule has 1 aliphatic heterocycles. The topological polar surface area (TPSA) is 66.5 Å². The zero-order chi connectivity index (χ0) is 20.3. The number of benzene rings is 2. The number of halogens is 1. The molecule has 1 saturated heterocycles. The van der Waals surface area contributed by atoms with E-state index in [1.165, 1.54) is 4.31 Å². The molecule has 2 aromatic rings. The van der Waals surface area contributed by atoms with Gasteiger partial charge < -0.3 is 5.32 Å². The first kappa shape index (κ1) is 21.0. The van der Waals surface area contributed by atoms with E-state index in [1.807, 2.05) is 36.4 Å². The van der Waals surface area contributed by atoms with Crippen LogP contribution in [0.4, 0.5) is 5.69 Å². The smallest absolute Gasteiger partial charge is 0.243 e. The van der Waals surface area contributed by atoms with Crippen molar-refractivity contribution in [3.8, 4) is 0 Å². The Morgan fingerprint density at radius 2 is 1.68 bits per heavy atom. The number of hydrogen-bond donors (Lipinski definition) is 1. The quantitative estimate of drug-likeness (QED) is 0.701. The molecule has 0 saturated carbocycles. The highest BCUT2D eigenvalue weighted by atomic mass is 79.9. The number of hydrogen-bond acceptors (Lipinski definition) is 3. The molecule has 28 heavy (non-hydrogen) atoms. The van der Waals surface area contributed by atoms with Crippen LogP contribution in [0.25, 0.3) is 0 Å². The van der Waals surface area contributed by atoms with Gasteiger partial charge in [-0.05, 0) is 64.5 Å². The van der Waals surface area contributed by atoms with E-state index in [0.29, 0.717) is 36.7 Å². The molecule has 0 aliphatic carbocycles. The summed E-state index contributed by atoms with van der Waals surface area (Å²) in [6.45, 7) is 4.85. The monoisotopic (exact) mass is 464 g/mol. The third kappa shape index (κ3) is 4.64. The molecule has 1 N–H and O–H groups in total. The first-order valence-corrected chi connectivity index (χ1v) is 11.7. The highest BCUT2D eigenvalue weighted by molar-refractivity contribution is 9.10. The van der Waals surface area contributed by atoms with Crippen molar-refractivity contribution in [3.63, 3.8) is 0 Å². The Morgan fingerprint density at radius 1 is 1.07 bits per heavy atom. The standard InChI is InChI=1S/C21H25BrN2O3S/c1-15(2)16-7-9-18(10-8-16)28(26,27)24-13-11-17(12-14-24)21(25)23-20-6-4-3-5-19(20)22/h3-10,15,17H,11-14H2,1-2H3,(H,23,25). The van der Waals surface area contributed by atoms with Crippen molar-refractivity contribution in [1.82, 2.24) is 4.31 Å². The summed E-state index contributed by atoms with van der Waals surface area (Å²) in [7, 11) is -3.53. The first-order valence-electron chi connectivity index (χ1n) is 9.44. The molecule has 0 atom stereocenters. The molecule has 7 heteroatoms. The van der Waals surface area contributed by atoms with Crippen molar-refractivity contribution in [1.29, 1.82) is 0 Å². The van der Waals surface area contributed by atoms with E-state index in [4.69, 9.17) is 0 Å². The molecule has 0 unspecified atom stereocenters. The largest absolute Gasteiger partial charge is 0.325 e. The average Bonchev–Trinajstić information content (AvgIpc) is 2.70. The second-order valence-electron chi connectivity index (χ2n) is 7.37. The number of anilines is 1. The van der Waals surface area contributed by atoms with Crippen LogP contribution >= 0.6 is 15.9 Å². The van der Waals surface area contributed by atoms with E-state index < -0.39 is 10.0 Å². The number of rotatable bonds is 5. The Balaban J connectivity index is 1.62. The minimum absolute atomic E-state index is 0.0646. The first-order chi connectivity index (χ1) is 13.3. The average molecular weight is 465 g/mol. The molecular weight excluding hydrogens is 440 g/mol. The summed E-state index contributed by atoms with van der Waals surface area (Å²) in [6, 6.07) is 14.5. The minimum Gasteiger partial charge on any atom is -0.325 e. The van der Waals surface area contributed by atoms with Crippen molar-refractivity contribution in [2.75, 3.05) is 18.4 Å². The van der Waals surface area contributed by atoms with Crippen LogP contribution in [0.15, 0.2) is 57.9 Å². The molecular formula is C21H25BrN2O3S. The number of sulfonamides is 1. The van der Waals surface area contributed by atoms with Gasteiger partial charge in [0, 0.05) is 23.5 Å². The number of piperidine rings is 1. The molecule has 2 aromatic carbocycles. The summed E-state index contributed by atoms with van der Waals surface area (Å²) in [5.41, 5.74) is 1.84. The van der Waals surface area contributed by atoms with E-state index in [1.54, 1.807) is 12.1 Å². The minimum atomic E-state index is -3.53. The van der Waals surface area contributed by atoms with Crippen LogP contribution in [0.1, 0.15) is 38.2 Å². The molecule has 3 rings (SSSR count). The Kier molecular flexibility index (Phi) is 6.58. The van der Waals surface area contributed by atoms with E-state index in [-0.39, 0.29) is 11.8 Å². The lowest BCUT2D eigenvalue weighted by Gasteiger charge is -2.30. The van der Waals surface area contributed by atoms with Crippen molar-refractivity contribution in [2.24, 2.45) is 5.92 Å². The maximum absolute atomic E-state index is 12.9. The van der Waals surface area contributed by atoms with Gasteiger partial charge in [0.15, 0.2) is 0 Å². The zero-order valence-corrected chi connectivity index (χ0v) is 18.5. The lowest BCUT2D eigenvalue weighted by Crippen LogP contribution is -2.41. The van der Waals surface area contributed by atoms with Gasteiger partial charge in [-0.3, -0.25) is 4.79 Å². The normalized spacial score (nSPS) is 16.3. The molecule has 1 fully saturated rings. The fourth-order valence-corrected chi connectivity index (χ4v) is 5.18. The Hall–Kier alpha value is -1.70. The van der Waals surface area contributed by atoms with Gasteiger partial charge in [-0.2, -0.15) is 4.31 Å². The van der Waals surface area contributed by atoms with Crippen molar-refractivity contribution in [2.45, 2.75) is 37.5 Å². The van der Waals surface area contributed by atoms with Gasteiger partial charge in [0.25, 0.3) is 0 Å². The summed E-state index contributed by atoms with van der Waals surface area (Å²) >= 11 is 3.42. The molecule has 5 nitrogen and oxygen atoms in total. The third-order valence-electron chi connectivity index (χ3n) is 5.14. The maximum Gasteiger partial charge on any atom is 0.243 e. The number of amides is 1. The molecule has 1 heterocycles. The second-order valence-corrected chi connectivity index (χ2v) is 10.2. The fourth-order valence-electron chi connectivity index (χ4n) is 3.33. The van der Waals surface area contributed by atoms with Crippen LogP contribution in [-0.2, 0) is 14.8 Å². The maximum atomic E-state index is 12.9. The van der Waals surface area contributed by atoms with Crippen LogP contribution in [0, 0.1) is 5.92 Å². The van der Waals surface area contributed by atoms with Gasteiger partial charge >= 0.3 is 0 Å². The van der Waals surface area contributed by atoms with E-state index in [2.05, 4.69) is 35.1 Å². The number of nitrogens with zero attached hydrogens (tertiary/aromatic N) is 1. The van der Waals surface area contributed by atoms with E-state index >= 15 is 0 Å². The molecule has 0 aromatic heterocycles. The summed E-state index contributed by atoms with van der Waals surface area (Å²) < 4.78 is 28.1. The van der Waals surface area contributed by atoms with Gasteiger partial charge in [0.05, 0.1) is 10.6 Å². The summed E-state index contributed by atoms with van der Waals surface area (Å²) in [4.78, 5) is 12.9. The Bertz CT molecular complexity index is 934. The number of carbonyl (C=O) groups is 1. The van der Waals surface area contributed by atoms with Gasteiger partial charge in [0.2, 0.25) is 15.9 Å². The van der Waals surface area contributed by atoms with E-state index in [9.17, 15) is 13.2 Å². The van der Waals surface area contributed by atoms with Gasteiger partial charge in [-0.15, -0.1) is 0 Å². The SMILES string of the molecule is CC(C)c1ccc(S(=O)(=O)N2CCC(C(=O)Nc3ccccc3Br)CC2)cc1. The Labute approximate surface area is 175 Å². The van der Waals surface area contributed by atoms with Crippen molar-refractivity contribution in [3.05, 3.63) is 58.6 Å². The Morgan fingerprint density at radius 3 is 2.25 bits per heavy atom. The number of para-hydroxylation sites is 1. The predicted octanol–water partition coefficient (Wildman–Crippen LogP) is 4.61. The van der Waals surface area contributed by atoms with E-state index in [0.717, 1.165) is 15.7 Å². The van der Waals surface area contributed by atoms with Gasteiger partial charge in [0.1, 0.15) is 0 Å². The molecule has 1 amide bonds. The highest BCUT2D eigenvalue weighted by Gasteiger charge is 2.32. The van der Waals surface area contributed by atoms with Crippen LogP contribution < -0.4 is 5.32 Å². The number of nitrogens with one attached hydrogen (secondary N) is 1. The van der Waals surface area contributed by atoms with Crippen molar-refractivity contribution < 1.29 is 13.2 Å². The second kappa shape index (κ2) is 8.76. The zero-order valence-electron chi connectivity index (χ0n) is 16.1. The lowest BCUT2D eigenvalue weighted by molar-refractivity contribution is -0.120. The van der Waals surface area contributed by atoms with Crippen molar-refractivity contribution >= 4 is 37.5 Å². The molecule has 1 aliphatic rings. The van der Waals surface area contributed by atoms with Gasteiger partial charge in [-0.25, -0.2) is 8.42 Å².